The quantitative estimate of drug-likeness (QED) is 0.531. The number of rotatable bonds is 3. The predicted molar refractivity (Wildman–Crippen MR) is 88.0 cm³/mol. The molecule has 0 nitrogen and oxygen atoms in total. The van der Waals surface area contributed by atoms with Crippen molar-refractivity contribution >= 4 is 0 Å². The zero-order valence-corrected chi connectivity index (χ0v) is 15.0. The molecule has 3 aliphatic rings. The van der Waals surface area contributed by atoms with E-state index in [2.05, 4.69) is 20.8 Å². The van der Waals surface area contributed by atoms with Crippen molar-refractivity contribution in [1.29, 1.82) is 0 Å². The molecule has 3 saturated carbocycles. The summed E-state index contributed by atoms with van der Waals surface area (Å²) < 4.78 is 39.0. The largest absolute Gasteiger partial charge is 0.389 e. The van der Waals surface area contributed by atoms with Crippen LogP contribution < -0.4 is 0 Å². The Morgan fingerprint density at radius 2 is 1.74 bits per heavy atom. The molecular weight excluding hydrogens is 297 g/mol. The van der Waals surface area contributed by atoms with E-state index in [-0.39, 0.29) is 5.92 Å². The monoisotopic (exact) mass is 330 g/mol. The Hall–Kier alpha value is -0.210. The fraction of sp³-hybridized carbons (Fsp3) is 1.00. The average molecular weight is 330 g/mol. The average Bonchev–Trinajstić information content (AvgIpc) is 2.76. The van der Waals surface area contributed by atoms with E-state index in [0.717, 1.165) is 37.5 Å². The van der Waals surface area contributed by atoms with Crippen molar-refractivity contribution in [3.8, 4) is 0 Å². The molecule has 0 radical (unpaired) electrons. The Kier molecular flexibility index (Phi) is 4.79. The second-order valence-corrected chi connectivity index (χ2v) is 9.07. The molecule has 0 aromatic rings. The molecule has 134 valence electrons. The molecule has 0 heterocycles. The molecule has 3 rings (SSSR count). The second kappa shape index (κ2) is 6.26. The van der Waals surface area contributed by atoms with Gasteiger partial charge in [0.1, 0.15) is 0 Å². The van der Waals surface area contributed by atoms with E-state index in [9.17, 15) is 13.2 Å². The van der Waals surface area contributed by atoms with Crippen molar-refractivity contribution < 1.29 is 13.2 Å². The van der Waals surface area contributed by atoms with Gasteiger partial charge in [0.2, 0.25) is 0 Å². The highest BCUT2D eigenvalue weighted by Gasteiger charge is 2.55. The van der Waals surface area contributed by atoms with Crippen molar-refractivity contribution in [3.05, 3.63) is 0 Å². The molecule has 0 spiro atoms. The van der Waals surface area contributed by atoms with E-state index in [1.54, 1.807) is 0 Å². The van der Waals surface area contributed by atoms with Crippen molar-refractivity contribution in [2.75, 3.05) is 0 Å². The van der Waals surface area contributed by atoms with Gasteiger partial charge in [-0.2, -0.15) is 13.2 Å². The van der Waals surface area contributed by atoms with E-state index < -0.39 is 12.6 Å². The standard InChI is InChI=1S/C20H33F3/c1-4-5-15-14(12-20(21,22)23)7-8-17-16(15)10-11-19(3)13(2)6-9-18(17)19/h13-18H,4-12H2,1-3H3. The van der Waals surface area contributed by atoms with Gasteiger partial charge in [0.25, 0.3) is 0 Å². The first-order valence-corrected chi connectivity index (χ1v) is 9.83. The van der Waals surface area contributed by atoms with Crippen LogP contribution in [0.25, 0.3) is 0 Å². The Bertz CT molecular complexity index is 416. The summed E-state index contributed by atoms with van der Waals surface area (Å²) in [5.41, 5.74) is 0.467. The van der Waals surface area contributed by atoms with Crippen LogP contribution in [-0.4, -0.2) is 6.18 Å². The lowest BCUT2D eigenvalue weighted by Gasteiger charge is -2.54. The summed E-state index contributed by atoms with van der Waals surface area (Å²) >= 11 is 0. The van der Waals surface area contributed by atoms with Crippen LogP contribution in [0.1, 0.15) is 78.6 Å². The summed E-state index contributed by atoms with van der Waals surface area (Å²) in [6.07, 6.45) is 4.44. The number of halogens is 3. The Morgan fingerprint density at radius 1 is 1.00 bits per heavy atom. The van der Waals surface area contributed by atoms with Crippen LogP contribution in [-0.2, 0) is 0 Å². The molecule has 0 N–H and O–H groups in total. The third-order valence-corrected chi connectivity index (χ3v) is 8.11. The van der Waals surface area contributed by atoms with Crippen LogP contribution in [0.3, 0.4) is 0 Å². The van der Waals surface area contributed by atoms with Gasteiger partial charge in [-0.15, -0.1) is 0 Å². The van der Waals surface area contributed by atoms with Gasteiger partial charge in [-0.3, -0.25) is 0 Å². The van der Waals surface area contributed by atoms with Gasteiger partial charge >= 0.3 is 6.18 Å². The predicted octanol–water partition coefficient (Wildman–Crippen LogP) is 6.84. The Morgan fingerprint density at radius 3 is 2.39 bits per heavy atom. The molecule has 0 aromatic carbocycles. The van der Waals surface area contributed by atoms with E-state index in [1.165, 1.54) is 25.7 Å². The van der Waals surface area contributed by atoms with Gasteiger partial charge in [0.05, 0.1) is 0 Å². The Labute approximate surface area is 139 Å². The maximum absolute atomic E-state index is 13.0. The Balaban J connectivity index is 1.79. The van der Waals surface area contributed by atoms with Gasteiger partial charge < -0.3 is 0 Å². The van der Waals surface area contributed by atoms with Crippen LogP contribution >= 0.6 is 0 Å². The topological polar surface area (TPSA) is 0 Å². The van der Waals surface area contributed by atoms with Gasteiger partial charge in [0.15, 0.2) is 0 Å². The van der Waals surface area contributed by atoms with E-state index in [1.807, 2.05) is 0 Å². The number of alkyl halides is 3. The highest BCUT2D eigenvalue weighted by Crippen LogP contribution is 2.63. The normalized spacial score (nSPS) is 47.2. The highest BCUT2D eigenvalue weighted by atomic mass is 19.4. The molecule has 0 bridgehead atoms. The summed E-state index contributed by atoms with van der Waals surface area (Å²) in [5.74, 6) is 3.06. The molecule has 3 heteroatoms. The van der Waals surface area contributed by atoms with Crippen LogP contribution in [0.2, 0.25) is 0 Å². The van der Waals surface area contributed by atoms with Crippen LogP contribution in [0.5, 0.6) is 0 Å². The van der Waals surface area contributed by atoms with Crippen LogP contribution in [0, 0.1) is 40.9 Å². The minimum Gasteiger partial charge on any atom is -0.171 e. The lowest BCUT2D eigenvalue weighted by molar-refractivity contribution is -0.160. The van der Waals surface area contributed by atoms with Crippen molar-refractivity contribution in [3.63, 3.8) is 0 Å². The maximum atomic E-state index is 13.0. The number of fused-ring (bicyclic) bond motifs is 3. The molecule has 0 aliphatic heterocycles. The summed E-state index contributed by atoms with van der Waals surface area (Å²) in [6, 6.07) is 0. The fourth-order valence-corrected chi connectivity index (χ4v) is 6.83. The van der Waals surface area contributed by atoms with Gasteiger partial charge in [0, 0.05) is 6.42 Å². The lowest BCUT2D eigenvalue weighted by Crippen LogP contribution is -2.47. The smallest absolute Gasteiger partial charge is 0.171 e. The molecule has 3 aliphatic carbocycles. The third-order valence-electron chi connectivity index (χ3n) is 8.11. The molecular formula is C20H33F3. The van der Waals surface area contributed by atoms with Gasteiger partial charge in [-0.25, -0.2) is 0 Å². The molecule has 0 amide bonds. The van der Waals surface area contributed by atoms with Crippen molar-refractivity contribution in [2.45, 2.75) is 84.7 Å². The summed E-state index contributed by atoms with van der Waals surface area (Å²) in [6.45, 7) is 7.01. The molecule has 3 fully saturated rings. The molecule has 7 unspecified atom stereocenters. The molecule has 7 atom stereocenters. The van der Waals surface area contributed by atoms with E-state index in [4.69, 9.17) is 0 Å². The lowest BCUT2D eigenvalue weighted by atomic mass is 9.51. The van der Waals surface area contributed by atoms with Crippen LogP contribution in [0.15, 0.2) is 0 Å². The van der Waals surface area contributed by atoms with Crippen molar-refractivity contribution in [1.82, 2.24) is 0 Å². The number of hydrogen-bond donors (Lipinski definition) is 0. The number of hydrogen-bond acceptors (Lipinski definition) is 0. The first-order valence-electron chi connectivity index (χ1n) is 9.83. The summed E-state index contributed by atoms with van der Waals surface area (Å²) in [7, 11) is 0. The van der Waals surface area contributed by atoms with E-state index >= 15 is 0 Å². The van der Waals surface area contributed by atoms with Gasteiger partial charge in [-0.05, 0) is 79.4 Å². The second-order valence-electron chi connectivity index (χ2n) is 9.07. The zero-order chi connectivity index (χ0) is 16.8. The molecule has 0 saturated heterocycles. The highest BCUT2D eigenvalue weighted by molar-refractivity contribution is 5.04. The molecule has 23 heavy (non-hydrogen) atoms. The summed E-state index contributed by atoms with van der Waals surface area (Å²) in [4.78, 5) is 0. The first kappa shape index (κ1) is 17.6. The minimum absolute atomic E-state index is 0.112. The van der Waals surface area contributed by atoms with Crippen molar-refractivity contribution in [2.24, 2.45) is 40.9 Å². The summed E-state index contributed by atoms with van der Waals surface area (Å²) in [5, 5.41) is 0. The maximum Gasteiger partial charge on any atom is 0.389 e. The van der Waals surface area contributed by atoms with E-state index in [0.29, 0.717) is 23.2 Å². The minimum atomic E-state index is -3.99. The fourth-order valence-electron chi connectivity index (χ4n) is 6.83. The van der Waals surface area contributed by atoms with Crippen LogP contribution in [0.4, 0.5) is 13.2 Å². The zero-order valence-electron chi connectivity index (χ0n) is 15.0. The first-order chi connectivity index (χ1) is 10.8. The molecule has 0 aromatic heterocycles. The SMILES string of the molecule is CCCC1C(CC(F)(F)F)CCC2C1CCC1(C)C(C)CCC21. The van der Waals surface area contributed by atoms with Gasteiger partial charge in [-0.1, -0.05) is 33.6 Å². The third kappa shape index (κ3) is 3.18.